The summed E-state index contributed by atoms with van der Waals surface area (Å²) in [5.41, 5.74) is 7.48. The lowest BCUT2D eigenvalue weighted by Gasteiger charge is -1.95. The second-order valence-electron chi connectivity index (χ2n) is 3.08. The van der Waals surface area contributed by atoms with Gasteiger partial charge in [0.05, 0.1) is 10.6 Å². The Morgan fingerprint density at radius 2 is 1.93 bits per heavy atom. The summed E-state index contributed by atoms with van der Waals surface area (Å²) < 4.78 is 0. The molecule has 0 unspecified atom stereocenters. The second-order valence-corrected chi connectivity index (χ2v) is 4.60. The van der Waals surface area contributed by atoms with Crippen molar-refractivity contribution in [3.63, 3.8) is 0 Å². The summed E-state index contributed by atoms with van der Waals surface area (Å²) in [6, 6.07) is 9.46. The Morgan fingerprint density at radius 3 is 2.47 bits per heavy atom. The standard InChI is InChI=1S/C11H9ClN2S/c12-8-3-1-7(2-4-8)10-5-9(14)11(6-13)15-10/h1-6,13H,14H2. The third-order valence-electron chi connectivity index (χ3n) is 2.05. The fraction of sp³-hybridized carbons (Fsp3) is 0. The lowest BCUT2D eigenvalue weighted by molar-refractivity contribution is 1.57. The lowest BCUT2D eigenvalue weighted by Crippen LogP contribution is -1.84. The molecule has 0 atom stereocenters. The highest BCUT2D eigenvalue weighted by Crippen LogP contribution is 2.32. The number of hydrogen-bond acceptors (Lipinski definition) is 3. The summed E-state index contributed by atoms with van der Waals surface area (Å²) in [5.74, 6) is 0. The first-order valence-electron chi connectivity index (χ1n) is 4.36. The molecule has 2 rings (SSSR count). The molecule has 0 saturated carbocycles. The average molecular weight is 237 g/mol. The molecule has 0 aliphatic heterocycles. The Morgan fingerprint density at radius 1 is 1.27 bits per heavy atom. The number of thiophene rings is 1. The van der Waals surface area contributed by atoms with Gasteiger partial charge in [0.1, 0.15) is 0 Å². The van der Waals surface area contributed by atoms with Gasteiger partial charge in [-0.05, 0) is 23.8 Å². The van der Waals surface area contributed by atoms with E-state index in [9.17, 15) is 0 Å². The molecule has 0 spiro atoms. The first-order valence-corrected chi connectivity index (χ1v) is 5.56. The molecule has 3 N–H and O–H groups in total. The summed E-state index contributed by atoms with van der Waals surface area (Å²) in [6.45, 7) is 0. The Hall–Kier alpha value is -1.32. The zero-order valence-electron chi connectivity index (χ0n) is 7.83. The van der Waals surface area contributed by atoms with Crippen LogP contribution in [0, 0.1) is 5.41 Å². The molecule has 0 saturated heterocycles. The maximum Gasteiger partial charge on any atom is 0.0682 e. The van der Waals surface area contributed by atoms with E-state index in [2.05, 4.69) is 0 Å². The topological polar surface area (TPSA) is 49.9 Å². The number of hydrogen-bond donors (Lipinski definition) is 2. The molecule has 1 aromatic carbocycles. The Balaban J connectivity index is 2.45. The van der Waals surface area contributed by atoms with Crippen LogP contribution in [0.25, 0.3) is 10.4 Å². The van der Waals surface area contributed by atoms with Gasteiger partial charge in [0, 0.05) is 16.1 Å². The van der Waals surface area contributed by atoms with Gasteiger partial charge in [-0.1, -0.05) is 23.7 Å². The number of nitrogens with two attached hydrogens (primary N) is 1. The average Bonchev–Trinajstić information content (AvgIpc) is 2.61. The zero-order chi connectivity index (χ0) is 10.8. The second kappa shape index (κ2) is 4.04. The highest BCUT2D eigenvalue weighted by molar-refractivity contribution is 7.17. The summed E-state index contributed by atoms with van der Waals surface area (Å²) in [5, 5.41) is 7.90. The molecule has 0 fully saturated rings. The van der Waals surface area contributed by atoms with Crippen LogP contribution in [0.5, 0.6) is 0 Å². The molecule has 2 aromatic rings. The maximum atomic E-state index is 7.18. The molecular formula is C11H9ClN2S. The quantitative estimate of drug-likeness (QED) is 0.769. The van der Waals surface area contributed by atoms with Gasteiger partial charge in [-0.3, -0.25) is 0 Å². The maximum absolute atomic E-state index is 7.18. The monoisotopic (exact) mass is 236 g/mol. The highest BCUT2D eigenvalue weighted by Gasteiger charge is 2.05. The Labute approximate surface area is 96.8 Å². The van der Waals surface area contributed by atoms with Gasteiger partial charge >= 0.3 is 0 Å². The number of nitrogen functional groups attached to an aromatic ring is 1. The lowest BCUT2D eigenvalue weighted by atomic mass is 10.2. The number of halogens is 1. The fourth-order valence-electron chi connectivity index (χ4n) is 1.29. The van der Waals surface area contributed by atoms with E-state index in [1.54, 1.807) is 0 Å². The molecule has 15 heavy (non-hydrogen) atoms. The van der Waals surface area contributed by atoms with E-state index in [1.807, 2.05) is 30.3 Å². The van der Waals surface area contributed by atoms with Crippen molar-refractivity contribution in [1.29, 1.82) is 5.41 Å². The molecule has 2 nitrogen and oxygen atoms in total. The number of rotatable bonds is 2. The summed E-state index contributed by atoms with van der Waals surface area (Å²) in [4.78, 5) is 1.85. The van der Waals surface area contributed by atoms with Gasteiger partial charge in [-0.2, -0.15) is 0 Å². The molecule has 0 bridgehead atoms. The van der Waals surface area contributed by atoms with Gasteiger partial charge in [0.15, 0.2) is 0 Å². The van der Waals surface area contributed by atoms with Crippen molar-refractivity contribution in [2.45, 2.75) is 0 Å². The van der Waals surface area contributed by atoms with Crippen molar-refractivity contribution in [2.24, 2.45) is 0 Å². The minimum Gasteiger partial charge on any atom is -0.397 e. The minimum atomic E-state index is 0.653. The van der Waals surface area contributed by atoms with Crippen LogP contribution < -0.4 is 5.73 Å². The zero-order valence-corrected chi connectivity index (χ0v) is 9.40. The van der Waals surface area contributed by atoms with Crippen molar-refractivity contribution in [2.75, 3.05) is 5.73 Å². The van der Waals surface area contributed by atoms with Crippen LogP contribution in [0.4, 0.5) is 5.69 Å². The van der Waals surface area contributed by atoms with Crippen LogP contribution in [0.1, 0.15) is 4.88 Å². The fourth-order valence-corrected chi connectivity index (χ4v) is 2.33. The Bertz CT molecular complexity index is 488. The molecular weight excluding hydrogens is 228 g/mol. The van der Waals surface area contributed by atoms with Crippen LogP contribution in [-0.2, 0) is 0 Å². The largest absolute Gasteiger partial charge is 0.397 e. The highest BCUT2D eigenvalue weighted by atomic mass is 35.5. The smallest absolute Gasteiger partial charge is 0.0682 e. The van der Waals surface area contributed by atoms with Crippen molar-refractivity contribution in [3.8, 4) is 10.4 Å². The minimum absolute atomic E-state index is 0.653. The molecule has 1 aromatic heterocycles. The van der Waals surface area contributed by atoms with Crippen LogP contribution in [0.15, 0.2) is 30.3 Å². The van der Waals surface area contributed by atoms with E-state index in [4.69, 9.17) is 22.7 Å². The number of nitrogens with one attached hydrogen (secondary N) is 1. The molecule has 0 amide bonds. The van der Waals surface area contributed by atoms with Crippen molar-refractivity contribution >= 4 is 34.8 Å². The van der Waals surface area contributed by atoms with Gasteiger partial charge < -0.3 is 11.1 Å². The molecule has 76 valence electrons. The van der Waals surface area contributed by atoms with E-state index in [0.29, 0.717) is 5.69 Å². The predicted molar refractivity (Wildman–Crippen MR) is 67.1 cm³/mol. The van der Waals surface area contributed by atoms with E-state index in [-0.39, 0.29) is 0 Å². The van der Waals surface area contributed by atoms with Gasteiger partial charge in [-0.25, -0.2) is 0 Å². The molecule has 0 aliphatic carbocycles. The van der Waals surface area contributed by atoms with Crippen molar-refractivity contribution < 1.29 is 0 Å². The Kier molecular flexibility index (Phi) is 2.75. The van der Waals surface area contributed by atoms with Crippen molar-refractivity contribution in [1.82, 2.24) is 0 Å². The first kappa shape index (κ1) is 10.2. The summed E-state index contributed by atoms with van der Waals surface area (Å²) in [7, 11) is 0. The number of anilines is 1. The first-order chi connectivity index (χ1) is 7.20. The van der Waals surface area contributed by atoms with Gasteiger partial charge in [0.25, 0.3) is 0 Å². The van der Waals surface area contributed by atoms with Gasteiger partial charge in [0.2, 0.25) is 0 Å². The van der Waals surface area contributed by atoms with Crippen LogP contribution in [-0.4, -0.2) is 6.21 Å². The molecule has 4 heteroatoms. The van der Waals surface area contributed by atoms with Gasteiger partial charge in [-0.15, -0.1) is 11.3 Å². The van der Waals surface area contributed by atoms with Crippen LogP contribution in [0.2, 0.25) is 5.02 Å². The third-order valence-corrected chi connectivity index (χ3v) is 3.45. The van der Waals surface area contributed by atoms with E-state index in [1.165, 1.54) is 17.6 Å². The van der Waals surface area contributed by atoms with E-state index >= 15 is 0 Å². The summed E-state index contributed by atoms with van der Waals surface area (Å²) >= 11 is 7.31. The van der Waals surface area contributed by atoms with Crippen molar-refractivity contribution in [3.05, 3.63) is 40.2 Å². The van der Waals surface area contributed by atoms with E-state index in [0.717, 1.165) is 20.3 Å². The van der Waals surface area contributed by atoms with Crippen LogP contribution >= 0.6 is 22.9 Å². The molecule has 0 radical (unpaired) electrons. The predicted octanol–water partition coefficient (Wildman–Crippen LogP) is 3.65. The molecule has 1 heterocycles. The normalized spacial score (nSPS) is 10.2. The van der Waals surface area contributed by atoms with Crippen LogP contribution in [0.3, 0.4) is 0 Å². The summed E-state index contributed by atoms with van der Waals surface area (Å²) in [6.07, 6.45) is 1.28. The SMILES string of the molecule is N=Cc1sc(-c2ccc(Cl)cc2)cc1N. The molecule has 0 aliphatic rings. The number of benzene rings is 1. The van der Waals surface area contributed by atoms with E-state index < -0.39 is 0 Å². The third kappa shape index (κ3) is 2.03.